The first kappa shape index (κ1) is 13.6. The van der Waals surface area contributed by atoms with Crippen molar-refractivity contribution in [3.05, 3.63) is 60.2 Å². The average Bonchev–Trinajstić information content (AvgIpc) is 2.33. The van der Waals surface area contributed by atoms with Gasteiger partial charge < -0.3 is 10.1 Å². The Balaban J connectivity index is 0.00000144. The Morgan fingerprint density at radius 2 is 1.47 bits per heavy atom. The first-order chi connectivity index (χ1) is 7.88. The van der Waals surface area contributed by atoms with E-state index in [2.05, 4.69) is 17.4 Å². The highest BCUT2D eigenvalue weighted by molar-refractivity contribution is 5.85. The van der Waals surface area contributed by atoms with Crippen molar-refractivity contribution in [2.24, 2.45) is 0 Å². The van der Waals surface area contributed by atoms with Crippen molar-refractivity contribution >= 4 is 12.4 Å². The zero-order valence-corrected chi connectivity index (χ0v) is 10.5. The Labute approximate surface area is 108 Å². The fourth-order valence-electron chi connectivity index (χ4n) is 1.50. The maximum absolute atomic E-state index is 5.69. The number of benzene rings is 2. The van der Waals surface area contributed by atoms with Crippen LogP contribution in [-0.4, -0.2) is 7.05 Å². The highest BCUT2D eigenvalue weighted by Crippen LogP contribution is 2.20. The van der Waals surface area contributed by atoms with Gasteiger partial charge in [0.15, 0.2) is 0 Å². The Bertz CT molecular complexity index is 428. The summed E-state index contributed by atoms with van der Waals surface area (Å²) in [5, 5.41) is 3.11. The molecule has 3 heteroatoms. The van der Waals surface area contributed by atoms with Crippen molar-refractivity contribution in [2.75, 3.05) is 7.05 Å². The molecule has 0 atom stereocenters. The van der Waals surface area contributed by atoms with Gasteiger partial charge in [-0.25, -0.2) is 0 Å². The quantitative estimate of drug-likeness (QED) is 0.894. The molecule has 0 bridgehead atoms. The summed E-state index contributed by atoms with van der Waals surface area (Å²) < 4.78 is 5.69. The fourth-order valence-corrected chi connectivity index (χ4v) is 1.50. The molecule has 0 aliphatic heterocycles. The zero-order chi connectivity index (χ0) is 11.2. The summed E-state index contributed by atoms with van der Waals surface area (Å²) in [5.41, 5.74) is 1.25. The number of ether oxygens (including phenoxy) is 1. The van der Waals surface area contributed by atoms with Crippen molar-refractivity contribution in [1.82, 2.24) is 5.32 Å². The SMILES string of the molecule is CNCc1ccc(Oc2ccccc2)cc1.Cl. The van der Waals surface area contributed by atoms with E-state index >= 15 is 0 Å². The first-order valence-electron chi connectivity index (χ1n) is 5.35. The molecule has 0 unspecified atom stereocenters. The van der Waals surface area contributed by atoms with Crippen LogP contribution < -0.4 is 10.1 Å². The van der Waals surface area contributed by atoms with Gasteiger partial charge in [0.05, 0.1) is 0 Å². The van der Waals surface area contributed by atoms with E-state index in [0.717, 1.165) is 18.0 Å². The average molecular weight is 250 g/mol. The number of halogens is 1. The second-order valence-electron chi connectivity index (χ2n) is 3.59. The van der Waals surface area contributed by atoms with Crippen LogP contribution in [0.3, 0.4) is 0 Å². The molecule has 2 aromatic carbocycles. The second-order valence-corrected chi connectivity index (χ2v) is 3.59. The van der Waals surface area contributed by atoms with Gasteiger partial charge in [0, 0.05) is 6.54 Å². The Morgan fingerprint density at radius 3 is 2.06 bits per heavy atom. The summed E-state index contributed by atoms with van der Waals surface area (Å²) in [5.74, 6) is 1.73. The van der Waals surface area contributed by atoms with Crippen molar-refractivity contribution < 1.29 is 4.74 Å². The monoisotopic (exact) mass is 249 g/mol. The Hall–Kier alpha value is -1.51. The third-order valence-electron chi connectivity index (χ3n) is 2.28. The molecule has 0 saturated heterocycles. The number of para-hydroxylation sites is 1. The van der Waals surface area contributed by atoms with Crippen molar-refractivity contribution in [3.8, 4) is 11.5 Å². The Kier molecular flexibility index (Phi) is 5.53. The van der Waals surface area contributed by atoms with Crippen LogP contribution in [0.1, 0.15) is 5.56 Å². The van der Waals surface area contributed by atoms with Crippen LogP contribution in [0.15, 0.2) is 54.6 Å². The van der Waals surface area contributed by atoms with Crippen LogP contribution in [-0.2, 0) is 6.54 Å². The number of hydrogen-bond donors (Lipinski definition) is 1. The normalized spacial score (nSPS) is 9.47. The minimum atomic E-state index is 0. The lowest BCUT2D eigenvalue weighted by atomic mass is 10.2. The van der Waals surface area contributed by atoms with Gasteiger partial charge in [-0.05, 0) is 36.9 Å². The van der Waals surface area contributed by atoms with Crippen molar-refractivity contribution in [1.29, 1.82) is 0 Å². The first-order valence-corrected chi connectivity index (χ1v) is 5.35. The summed E-state index contributed by atoms with van der Waals surface area (Å²) in [4.78, 5) is 0. The minimum absolute atomic E-state index is 0. The van der Waals surface area contributed by atoms with E-state index < -0.39 is 0 Å². The zero-order valence-electron chi connectivity index (χ0n) is 9.72. The molecule has 1 N–H and O–H groups in total. The van der Waals surface area contributed by atoms with E-state index in [-0.39, 0.29) is 12.4 Å². The third kappa shape index (κ3) is 4.10. The predicted molar refractivity (Wildman–Crippen MR) is 73.0 cm³/mol. The van der Waals surface area contributed by atoms with Crippen molar-refractivity contribution in [3.63, 3.8) is 0 Å². The van der Waals surface area contributed by atoms with Crippen LogP contribution in [0.4, 0.5) is 0 Å². The van der Waals surface area contributed by atoms with Gasteiger partial charge in [0.25, 0.3) is 0 Å². The lowest BCUT2D eigenvalue weighted by molar-refractivity contribution is 0.482. The molecule has 0 aliphatic carbocycles. The molecule has 0 aromatic heterocycles. The molecule has 2 nitrogen and oxygen atoms in total. The number of hydrogen-bond acceptors (Lipinski definition) is 2. The van der Waals surface area contributed by atoms with Gasteiger partial charge in [-0.2, -0.15) is 0 Å². The molecular formula is C14H16ClNO. The number of nitrogens with one attached hydrogen (secondary N) is 1. The van der Waals surface area contributed by atoms with E-state index in [0.29, 0.717) is 0 Å². The smallest absolute Gasteiger partial charge is 0.127 e. The van der Waals surface area contributed by atoms with Gasteiger partial charge >= 0.3 is 0 Å². The van der Waals surface area contributed by atoms with E-state index in [1.54, 1.807) is 0 Å². The van der Waals surface area contributed by atoms with Crippen LogP contribution in [0.25, 0.3) is 0 Å². The molecule has 90 valence electrons. The molecular weight excluding hydrogens is 234 g/mol. The topological polar surface area (TPSA) is 21.3 Å². The summed E-state index contributed by atoms with van der Waals surface area (Å²) >= 11 is 0. The van der Waals surface area contributed by atoms with Gasteiger partial charge in [0.2, 0.25) is 0 Å². The molecule has 0 heterocycles. The van der Waals surface area contributed by atoms with Gasteiger partial charge in [0.1, 0.15) is 11.5 Å². The molecule has 2 aromatic rings. The Morgan fingerprint density at radius 1 is 0.882 bits per heavy atom. The van der Waals surface area contributed by atoms with Gasteiger partial charge in [-0.1, -0.05) is 30.3 Å². The molecule has 0 amide bonds. The molecule has 17 heavy (non-hydrogen) atoms. The lowest BCUT2D eigenvalue weighted by Crippen LogP contribution is -2.04. The van der Waals surface area contributed by atoms with E-state index in [4.69, 9.17) is 4.74 Å². The molecule has 0 fully saturated rings. The predicted octanol–water partition coefficient (Wildman–Crippen LogP) is 3.62. The summed E-state index contributed by atoms with van der Waals surface area (Å²) in [6.45, 7) is 0.881. The standard InChI is InChI=1S/C14H15NO.ClH/c1-15-11-12-7-9-14(10-8-12)16-13-5-3-2-4-6-13;/h2-10,15H,11H2,1H3;1H. The maximum Gasteiger partial charge on any atom is 0.127 e. The maximum atomic E-state index is 5.69. The third-order valence-corrected chi connectivity index (χ3v) is 2.28. The number of rotatable bonds is 4. The van der Waals surface area contributed by atoms with Crippen LogP contribution in [0.5, 0.6) is 11.5 Å². The van der Waals surface area contributed by atoms with Gasteiger partial charge in [-0.3, -0.25) is 0 Å². The fraction of sp³-hybridized carbons (Fsp3) is 0.143. The van der Waals surface area contributed by atoms with E-state index in [9.17, 15) is 0 Å². The van der Waals surface area contributed by atoms with E-state index in [1.807, 2.05) is 49.5 Å². The highest BCUT2D eigenvalue weighted by atomic mass is 35.5. The van der Waals surface area contributed by atoms with Crippen LogP contribution in [0, 0.1) is 0 Å². The summed E-state index contributed by atoms with van der Waals surface area (Å²) in [6, 6.07) is 17.9. The molecule has 0 radical (unpaired) electrons. The molecule has 0 saturated carbocycles. The van der Waals surface area contributed by atoms with Crippen molar-refractivity contribution in [2.45, 2.75) is 6.54 Å². The highest BCUT2D eigenvalue weighted by Gasteiger charge is 1.96. The lowest BCUT2D eigenvalue weighted by Gasteiger charge is -2.06. The molecule has 0 spiro atoms. The van der Waals surface area contributed by atoms with Crippen LogP contribution in [0.2, 0.25) is 0 Å². The summed E-state index contributed by atoms with van der Waals surface area (Å²) in [7, 11) is 1.94. The van der Waals surface area contributed by atoms with Crippen LogP contribution >= 0.6 is 12.4 Å². The summed E-state index contributed by atoms with van der Waals surface area (Å²) in [6.07, 6.45) is 0. The van der Waals surface area contributed by atoms with Gasteiger partial charge in [-0.15, -0.1) is 12.4 Å². The molecule has 2 rings (SSSR count). The van der Waals surface area contributed by atoms with E-state index in [1.165, 1.54) is 5.56 Å². The second kappa shape index (κ2) is 6.94. The molecule has 0 aliphatic rings. The largest absolute Gasteiger partial charge is 0.457 e. The minimum Gasteiger partial charge on any atom is -0.457 e.